The molecule has 112 valence electrons. The van der Waals surface area contributed by atoms with Crippen molar-refractivity contribution in [3.8, 4) is 12.3 Å². The summed E-state index contributed by atoms with van der Waals surface area (Å²) in [5.74, 6) is 0.962. The second kappa shape index (κ2) is 8.76. The third-order valence-electron chi connectivity index (χ3n) is 2.39. The van der Waals surface area contributed by atoms with Crippen LogP contribution >= 0.6 is 11.3 Å². The molecule has 0 spiro atoms. The Morgan fingerprint density at radius 2 is 2.24 bits per heavy atom. The molecule has 2 N–H and O–H groups in total. The van der Waals surface area contributed by atoms with Crippen LogP contribution in [0.2, 0.25) is 0 Å². The molecule has 0 radical (unpaired) electrons. The molecule has 0 saturated carbocycles. The maximum atomic E-state index is 11.7. The lowest BCUT2D eigenvalue weighted by Gasteiger charge is -2.15. The number of nitrogens with one attached hydrogen (secondary N) is 2. The monoisotopic (exact) mass is 308 g/mol. The van der Waals surface area contributed by atoms with Crippen molar-refractivity contribution >= 4 is 29.1 Å². The molecule has 1 aromatic rings. The molecule has 1 aromatic heterocycles. The summed E-state index contributed by atoms with van der Waals surface area (Å²) >= 11 is 1.43. The second-order valence-electron chi connectivity index (χ2n) is 4.11. The van der Waals surface area contributed by atoms with E-state index in [9.17, 15) is 14.4 Å². The molecule has 1 rings (SSSR count). The van der Waals surface area contributed by atoms with Gasteiger partial charge in [0.15, 0.2) is 6.61 Å². The van der Waals surface area contributed by atoms with Gasteiger partial charge < -0.3 is 15.4 Å². The first-order chi connectivity index (χ1) is 10.0. The van der Waals surface area contributed by atoms with Gasteiger partial charge in [0, 0.05) is 11.8 Å². The van der Waals surface area contributed by atoms with Crippen molar-refractivity contribution in [3.05, 3.63) is 22.4 Å². The topological polar surface area (TPSA) is 84.5 Å². The zero-order valence-corrected chi connectivity index (χ0v) is 12.4. The minimum absolute atomic E-state index is 0.0392. The van der Waals surface area contributed by atoms with Crippen molar-refractivity contribution < 1.29 is 19.1 Å². The molecule has 0 saturated heterocycles. The van der Waals surface area contributed by atoms with Crippen LogP contribution in [0.5, 0.6) is 0 Å². The Morgan fingerprint density at radius 1 is 1.48 bits per heavy atom. The van der Waals surface area contributed by atoms with Crippen LogP contribution in [-0.2, 0) is 19.1 Å². The Balaban J connectivity index is 2.48. The highest BCUT2D eigenvalue weighted by molar-refractivity contribution is 7.10. The van der Waals surface area contributed by atoms with Gasteiger partial charge in [-0.1, -0.05) is 12.0 Å². The van der Waals surface area contributed by atoms with Gasteiger partial charge in [0.05, 0.1) is 19.0 Å². The normalized spacial score (nSPS) is 11.0. The number of thiophene rings is 1. The van der Waals surface area contributed by atoms with Gasteiger partial charge in [-0.3, -0.25) is 14.4 Å². The third kappa shape index (κ3) is 6.58. The van der Waals surface area contributed by atoms with Crippen LogP contribution in [0.3, 0.4) is 0 Å². The molecule has 0 bridgehead atoms. The number of carbonyl (C=O) groups is 3. The van der Waals surface area contributed by atoms with Gasteiger partial charge in [0.1, 0.15) is 0 Å². The quantitative estimate of drug-likeness (QED) is 0.571. The summed E-state index contributed by atoms with van der Waals surface area (Å²) < 4.78 is 4.84. The number of hydrogen-bond acceptors (Lipinski definition) is 5. The number of ether oxygens (including phenoxy) is 1. The first-order valence-corrected chi connectivity index (χ1v) is 7.07. The Morgan fingerprint density at radius 3 is 2.81 bits per heavy atom. The molecule has 2 amide bonds. The molecule has 0 aliphatic rings. The molecule has 1 unspecified atom stereocenters. The van der Waals surface area contributed by atoms with Gasteiger partial charge in [0.25, 0.3) is 5.91 Å². The highest BCUT2D eigenvalue weighted by atomic mass is 32.1. The van der Waals surface area contributed by atoms with Gasteiger partial charge in [-0.2, -0.15) is 0 Å². The van der Waals surface area contributed by atoms with Crippen LogP contribution < -0.4 is 10.6 Å². The SMILES string of the molecule is C#CCNC(=O)COC(=O)CC(NC(C)=O)c1cccs1. The Labute approximate surface area is 126 Å². The lowest BCUT2D eigenvalue weighted by Crippen LogP contribution is -2.31. The van der Waals surface area contributed by atoms with Crippen LogP contribution in [0.25, 0.3) is 0 Å². The largest absolute Gasteiger partial charge is 0.456 e. The van der Waals surface area contributed by atoms with Gasteiger partial charge in [-0.25, -0.2) is 0 Å². The number of rotatable bonds is 7. The maximum absolute atomic E-state index is 11.7. The lowest BCUT2D eigenvalue weighted by molar-refractivity contribution is -0.149. The highest BCUT2D eigenvalue weighted by Crippen LogP contribution is 2.22. The van der Waals surface area contributed by atoms with Crippen molar-refractivity contribution in [3.63, 3.8) is 0 Å². The van der Waals surface area contributed by atoms with Crippen molar-refractivity contribution in [1.29, 1.82) is 0 Å². The number of terminal acetylenes is 1. The van der Waals surface area contributed by atoms with E-state index in [1.807, 2.05) is 17.5 Å². The number of esters is 1. The molecule has 21 heavy (non-hydrogen) atoms. The van der Waals surface area contributed by atoms with Crippen LogP contribution in [-0.4, -0.2) is 30.9 Å². The Bertz CT molecular complexity index is 534. The number of amides is 2. The standard InChI is InChI=1S/C14H16N2O4S/c1-3-6-15-13(18)9-20-14(19)8-11(16-10(2)17)12-5-4-7-21-12/h1,4-5,7,11H,6,8-9H2,2H3,(H,15,18)(H,16,17). The predicted molar refractivity (Wildman–Crippen MR) is 78.3 cm³/mol. The molecular formula is C14H16N2O4S. The van der Waals surface area contributed by atoms with E-state index in [2.05, 4.69) is 16.6 Å². The van der Waals surface area contributed by atoms with Crippen molar-refractivity contribution in [2.24, 2.45) is 0 Å². The van der Waals surface area contributed by atoms with Gasteiger partial charge in [-0.15, -0.1) is 17.8 Å². The van der Waals surface area contributed by atoms with E-state index in [4.69, 9.17) is 11.2 Å². The van der Waals surface area contributed by atoms with E-state index in [1.54, 1.807) is 0 Å². The van der Waals surface area contributed by atoms with E-state index >= 15 is 0 Å². The zero-order valence-electron chi connectivity index (χ0n) is 11.5. The minimum atomic E-state index is -0.571. The first-order valence-electron chi connectivity index (χ1n) is 6.19. The summed E-state index contributed by atoms with van der Waals surface area (Å²) in [5, 5.41) is 6.91. The van der Waals surface area contributed by atoms with E-state index in [0.717, 1.165) is 4.88 Å². The van der Waals surface area contributed by atoms with Crippen LogP contribution in [0.1, 0.15) is 24.3 Å². The average Bonchev–Trinajstić information content (AvgIpc) is 2.95. The molecule has 0 aromatic carbocycles. The first kappa shape index (κ1) is 16.7. The molecular weight excluding hydrogens is 292 g/mol. The van der Waals surface area contributed by atoms with Gasteiger partial charge >= 0.3 is 5.97 Å². The molecule has 0 aliphatic carbocycles. The van der Waals surface area contributed by atoms with Gasteiger partial charge in [0.2, 0.25) is 5.91 Å². The zero-order chi connectivity index (χ0) is 15.7. The third-order valence-corrected chi connectivity index (χ3v) is 3.37. The van der Waals surface area contributed by atoms with Crippen LogP contribution in [0.4, 0.5) is 0 Å². The fourth-order valence-electron chi connectivity index (χ4n) is 1.53. The van der Waals surface area contributed by atoms with E-state index < -0.39 is 24.5 Å². The number of carbonyl (C=O) groups excluding carboxylic acids is 3. The van der Waals surface area contributed by atoms with Gasteiger partial charge in [-0.05, 0) is 11.4 Å². The Kier molecular flexibility index (Phi) is 6.98. The molecule has 6 nitrogen and oxygen atoms in total. The van der Waals surface area contributed by atoms with Crippen molar-refractivity contribution in [2.45, 2.75) is 19.4 Å². The summed E-state index contributed by atoms with van der Waals surface area (Å²) in [6, 6.07) is 3.19. The van der Waals surface area contributed by atoms with Crippen LogP contribution in [0.15, 0.2) is 17.5 Å². The molecule has 1 heterocycles. The molecule has 7 heteroatoms. The highest BCUT2D eigenvalue weighted by Gasteiger charge is 2.19. The summed E-state index contributed by atoms with van der Waals surface area (Å²) in [4.78, 5) is 35.0. The maximum Gasteiger partial charge on any atom is 0.308 e. The summed E-state index contributed by atoms with van der Waals surface area (Å²) in [6.07, 6.45) is 4.95. The van der Waals surface area contributed by atoms with E-state index in [-0.39, 0.29) is 18.9 Å². The predicted octanol–water partition coefficient (Wildman–Crippen LogP) is 0.608. The average molecular weight is 308 g/mol. The van der Waals surface area contributed by atoms with Crippen molar-refractivity contribution in [2.75, 3.05) is 13.2 Å². The molecule has 1 atom stereocenters. The summed E-state index contributed by atoms with van der Waals surface area (Å²) in [5.41, 5.74) is 0. The Hall–Kier alpha value is -2.33. The summed E-state index contributed by atoms with van der Waals surface area (Å²) in [6.45, 7) is 1.07. The van der Waals surface area contributed by atoms with Crippen molar-refractivity contribution in [1.82, 2.24) is 10.6 Å². The fraction of sp³-hybridized carbons (Fsp3) is 0.357. The summed E-state index contributed by atoms with van der Waals surface area (Å²) in [7, 11) is 0. The molecule has 0 fully saturated rings. The van der Waals surface area contributed by atoms with E-state index in [1.165, 1.54) is 18.3 Å². The fourth-order valence-corrected chi connectivity index (χ4v) is 2.31. The lowest BCUT2D eigenvalue weighted by atomic mass is 10.1. The molecule has 0 aliphatic heterocycles. The smallest absolute Gasteiger partial charge is 0.308 e. The minimum Gasteiger partial charge on any atom is -0.456 e. The second-order valence-corrected chi connectivity index (χ2v) is 5.09. The number of hydrogen-bond donors (Lipinski definition) is 2. The van der Waals surface area contributed by atoms with E-state index in [0.29, 0.717) is 0 Å². The van der Waals surface area contributed by atoms with Crippen LogP contribution in [0, 0.1) is 12.3 Å².